The Hall–Kier alpha value is -4.52. The van der Waals surface area contributed by atoms with Crippen molar-refractivity contribution in [3.05, 3.63) is 117 Å². The Morgan fingerprint density at radius 3 is 2.26 bits per heavy atom. The molecule has 0 saturated carbocycles. The van der Waals surface area contributed by atoms with E-state index in [1.165, 1.54) is 59.8 Å². The lowest BCUT2D eigenvalue weighted by Crippen LogP contribution is -2.53. The molecule has 4 heterocycles. The smallest absolute Gasteiger partial charge is 0.415 e. The second-order valence-electron chi connectivity index (χ2n) is 13.3. The van der Waals surface area contributed by atoms with Crippen LogP contribution in [0.15, 0.2) is 79.1 Å². The second kappa shape index (κ2) is 17.1. The van der Waals surface area contributed by atoms with Crippen molar-refractivity contribution in [3.63, 3.8) is 0 Å². The monoisotopic (exact) mass is 772 g/mol. The number of aromatic amines is 1. The van der Waals surface area contributed by atoms with Crippen LogP contribution >= 0.6 is 23.2 Å². The summed E-state index contributed by atoms with van der Waals surface area (Å²) in [6, 6.07) is 16.7. The maximum Gasteiger partial charge on any atom is 0.415 e. The number of hydrogen-bond acceptors (Lipinski definition) is 7. The zero-order valence-corrected chi connectivity index (χ0v) is 30.6. The molecule has 2 bridgehead atoms. The molecule has 1 amide bonds. The number of hydrogen-bond donors (Lipinski definition) is 0. The van der Waals surface area contributed by atoms with Gasteiger partial charge in [0.25, 0.3) is 0 Å². The van der Waals surface area contributed by atoms with Crippen LogP contribution in [-0.2, 0) is 22.4 Å². The van der Waals surface area contributed by atoms with E-state index in [1.54, 1.807) is 38.1 Å². The first kappa shape index (κ1) is 38.2. The summed E-state index contributed by atoms with van der Waals surface area (Å²) in [5.41, 5.74) is 1.76. The fourth-order valence-electron chi connectivity index (χ4n) is 6.63. The van der Waals surface area contributed by atoms with Gasteiger partial charge >= 0.3 is 18.7 Å². The number of anilines is 1. The quantitative estimate of drug-likeness (QED) is 0.126. The molecule has 3 fully saturated rings. The van der Waals surface area contributed by atoms with Crippen LogP contribution in [0, 0.1) is 11.7 Å². The van der Waals surface area contributed by atoms with E-state index in [1.807, 2.05) is 0 Å². The van der Waals surface area contributed by atoms with Crippen molar-refractivity contribution in [2.24, 2.45) is 5.92 Å². The Labute approximate surface area is 315 Å². The normalized spacial score (nSPS) is 18.5. The van der Waals surface area contributed by atoms with Gasteiger partial charge in [0.1, 0.15) is 28.1 Å². The third kappa shape index (κ3) is 9.54. The minimum atomic E-state index is -3.08. The van der Waals surface area contributed by atoms with E-state index < -0.39 is 30.6 Å². The number of para-hydroxylation sites is 1. The van der Waals surface area contributed by atoms with Crippen LogP contribution < -0.4 is 19.4 Å². The topological polar surface area (TPSA) is 91.7 Å². The molecule has 1 N–H and O–H groups in total. The van der Waals surface area contributed by atoms with Crippen molar-refractivity contribution in [2.45, 2.75) is 64.6 Å². The number of ether oxygens (including phenoxy) is 4. The van der Waals surface area contributed by atoms with Gasteiger partial charge in [0.2, 0.25) is 0 Å². The van der Waals surface area contributed by atoms with E-state index in [9.17, 15) is 18.4 Å². The van der Waals surface area contributed by atoms with Crippen molar-refractivity contribution in [1.29, 1.82) is 0 Å². The molecule has 280 valence electrons. The Kier molecular flexibility index (Phi) is 12.3. The van der Waals surface area contributed by atoms with Crippen LogP contribution in [0.25, 0.3) is 0 Å². The molecule has 0 spiro atoms. The summed E-state index contributed by atoms with van der Waals surface area (Å²) in [4.78, 5) is 33.6. The number of carbonyl (C=O) groups is 2. The van der Waals surface area contributed by atoms with Gasteiger partial charge in [-0.15, -0.1) is 0 Å². The molecule has 2 atom stereocenters. The first-order valence-electron chi connectivity index (χ1n) is 17.3. The number of amides is 1. The number of fused-ring (bicyclic) bond motifs is 3. The number of halogens is 5. The van der Waals surface area contributed by atoms with E-state index >= 15 is 4.39 Å². The molecule has 14 heteroatoms. The van der Waals surface area contributed by atoms with Crippen LogP contribution in [0.3, 0.4) is 0 Å². The first-order chi connectivity index (χ1) is 25.4. The number of alkyl halides is 2. The van der Waals surface area contributed by atoms with Crippen LogP contribution in [-0.4, -0.2) is 55.4 Å². The maximum atomic E-state index is 15.0. The molecule has 3 saturated heterocycles. The highest BCUT2D eigenvalue weighted by molar-refractivity contribution is 6.35. The maximum absolute atomic E-state index is 15.0. The lowest BCUT2D eigenvalue weighted by Gasteiger charge is -2.44. The van der Waals surface area contributed by atoms with Gasteiger partial charge in [0.05, 0.1) is 23.9 Å². The number of nitrogens with zero attached hydrogens (tertiary/aromatic N) is 2. The molecule has 3 aromatic carbocycles. The summed E-state index contributed by atoms with van der Waals surface area (Å²) in [7, 11) is 0. The van der Waals surface area contributed by atoms with E-state index in [0.29, 0.717) is 33.3 Å². The van der Waals surface area contributed by atoms with Crippen LogP contribution in [0.5, 0.6) is 11.5 Å². The predicted molar refractivity (Wildman–Crippen MR) is 192 cm³/mol. The fraction of sp³-hybridized carbons (Fsp3) is 0.359. The molecule has 0 aliphatic carbocycles. The minimum absolute atomic E-state index is 0.0213. The number of carbonyl (C=O) groups excluding carboxylic acids is 2. The zero-order chi connectivity index (χ0) is 37.6. The molecule has 3 aliphatic rings. The fourth-order valence-corrected chi connectivity index (χ4v) is 7.16. The summed E-state index contributed by atoms with van der Waals surface area (Å²) in [6.45, 7) is 2.97. The van der Waals surface area contributed by atoms with E-state index in [4.69, 9.17) is 37.4 Å². The Balaban J connectivity index is 1.23. The van der Waals surface area contributed by atoms with Crippen LogP contribution in [0.1, 0.15) is 59.8 Å². The minimum Gasteiger partial charge on any atom is -0.487 e. The van der Waals surface area contributed by atoms with Crippen molar-refractivity contribution < 1.29 is 46.7 Å². The highest BCUT2D eigenvalue weighted by Gasteiger charge is 2.38. The van der Waals surface area contributed by atoms with Gasteiger partial charge in [-0.05, 0) is 93.2 Å². The van der Waals surface area contributed by atoms with Gasteiger partial charge in [0.15, 0.2) is 23.9 Å². The van der Waals surface area contributed by atoms with Crippen LogP contribution in [0.2, 0.25) is 10.0 Å². The van der Waals surface area contributed by atoms with Gasteiger partial charge < -0.3 is 18.9 Å². The number of nitrogens with one attached hydrogen (secondary N) is 1. The summed E-state index contributed by atoms with van der Waals surface area (Å²) < 4.78 is 63.8. The zero-order valence-electron chi connectivity index (χ0n) is 29.1. The number of piperidine rings is 3. The van der Waals surface area contributed by atoms with Crippen molar-refractivity contribution in [2.75, 3.05) is 24.5 Å². The summed E-state index contributed by atoms with van der Waals surface area (Å²) in [5.74, 6) is -1.15. The van der Waals surface area contributed by atoms with Crippen molar-refractivity contribution in [3.8, 4) is 11.5 Å². The lowest BCUT2D eigenvalue weighted by atomic mass is 9.86. The molecule has 0 unspecified atom stereocenters. The van der Waals surface area contributed by atoms with Gasteiger partial charge in [-0.1, -0.05) is 53.5 Å². The van der Waals surface area contributed by atoms with Gasteiger partial charge in [-0.25, -0.2) is 19.0 Å². The lowest BCUT2D eigenvalue weighted by molar-refractivity contribution is -0.377. The number of esters is 1. The second-order valence-corrected chi connectivity index (χ2v) is 14.1. The average molecular weight is 774 g/mol. The largest absolute Gasteiger partial charge is 0.487 e. The highest BCUT2D eigenvalue weighted by Crippen LogP contribution is 2.37. The van der Waals surface area contributed by atoms with E-state index in [0.717, 1.165) is 25.9 Å². The summed E-state index contributed by atoms with van der Waals surface area (Å²) in [5, 5.41) is 0.594. The molecular weight excluding hydrogens is 734 g/mol. The molecule has 3 aliphatic heterocycles. The summed E-state index contributed by atoms with van der Waals surface area (Å²) in [6.07, 6.45) is 2.70. The predicted octanol–water partition coefficient (Wildman–Crippen LogP) is 8.71. The molecule has 4 aromatic rings. The van der Waals surface area contributed by atoms with Gasteiger partial charge in [0, 0.05) is 18.5 Å². The van der Waals surface area contributed by atoms with E-state index in [-0.39, 0.29) is 53.8 Å². The molecule has 1 aromatic heterocycles. The molecular formula is C39H39Cl2F3N3O6+. The molecule has 53 heavy (non-hydrogen) atoms. The Morgan fingerprint density at radius 2 is 1.64 bits per heavy atom. The number of H-pyrrole nitrogens is 1. The Bertz CT molecular complexity index is 1890. The Morgan fingerprint density at radius 1 is 0.943 bits per heavy atom. The number of pyridine rings is 1. The highest BCUT2D eigenvalue weighted by atomic mass is 35.5. The first-order valence-corrected chi connectivity index (χ1v) is 18.0. The third-order valence-corrected chi connectivity index (χ3v) is 9.97. The number of rotatable bonds is 13. The molecule has 0 radical (unpaired) electrons. The summed E-state index contributed by atoms with van der Waals surface area (Å²) >= 11 is 12.9. The van der Waals surface area contributed by atoms with Gasteiger partial charge in [-0.2, -0.15) is 8.78 Å². The molecule has 7 rings (SSSR count). The average Bonchev–Trinajstić information content (AvgIpc) is 3.13. The van der Waals surface area contributed by atoms with E-state index in [2.05, 4.69) is 14.6 Å². The number of benzene rings is 3. The van der Waals surface area contributed by atoms with Gasteiger partial charge in [-0.3, -0.25) is 9.80 Å². The van der Waals surface area contributed by atoms with Crippen molar-refractivity contribution >= 4 is 41.0 Å². The SMILES string of the molecule is CC(C)Oc1cc([C@H](Cc2c(Cl)c[nH+]cc2Cl)OC(=O)c2ccc(CN(C(=O)O[C@H]3CN4CCC3CC4)c3ccccc3F)cc2)ccc1OC(F)F. The van der Waals surface area contributed by atoms with Crippen molar-refractivity contribution in [1.82, 2.24) is 4.90 Å². The standard InChI is InChI=1S/C39H38Cl2F3N3O6/c1-23(2)50-35-17-27(11-12-33(35)52-38(43)44)34(18-28-29(40)19-45-20-30(28)41)51-37(48)26-9-7-24(8-10-26)21-47(32-6-4-3-5-31(32)42)39(49)53-36-22-46-15-13-25(36)14-16-46/h3-12,17,19-20,23,25,34,36,38H,13-16,18,21-22H2,1-2H3/p+1/t34-,36-/m0/s1. The molecule has 9 nitrogen and oxygen atoms in total. The van der Waals surface area contributed by atoms with Crippen LogP contribution in [0.4, 0.5) is 23.7 Å². The third-order valence-electron chi connectivity index (χ3n) is 9.30. The number of aromatic nitrogens is 1.